The summed E-state index contributed by atoms with van der Waals surface area (Å²) in [5.41, 5.74) is 7.06. The van der Waals surface area contributed by atoms with Gasteiger partial charge in [0.2, 0.25) is 12.5 Å². The van der Waals surface area contributed by atoms with Crippen LogP contribution in [0.1, 0.15) is 45.3 Å². The van der Waals surface area contributed by atoms with Gasteiger partial charge in [0.15, 0.2) is 28.1 Å². The zero-order valence-electron chi connectivity index (χ0n) is 24.5. The van der Waals surface area contributed by atoms with Gasteiger partial charge < -0.3 is 39.1 Å². The number of nitrogens with one attached hydrogen (secondary N) is 2. The summed E-state index contributed by atoms with van der Waals surface area (Å²) in [4.78, 5) is 13.5. The molecule has 6 rings (SSSR count). The second kappa shape index (κ2) is 10.9. The number of esters is 1. The molecule has 3 aromatic carbocycles. The molecule has 0 saturated carbocycles. The van der Waals surface area contributed by atoms with Gasteiger partial charge in [0.1, 0.15) is 0 Å². The van der Waals surface area contributed by atoms with Gasteiger partial charge in [-0.25, -0.2) is 0 Å². The third kappa shape index (κ3) is 4.63. The maximum atomic E-state index is 13.5. The van der Waals surface area contributed by atoms with Crippen molar-refractivity contribution in [2.45, 2.75) is 32.7 Å². The van der Waals surface area contributed by atoms with Gasteiger partial charge in [-0.05, 0) is 85.1 Å². The second-order valence-electron chi connectivity index (χ2n) is 10.9. The number of cyclic esters (lactones) is 1. The highest BCUT2D eigenvalue weighted by molar-refractivity contribution is 7.80. The van der Waals surface area contributed by atoms with E-state index in [-0.39, 0.29) is 37.2 Å². The predicted molar refractivity (Wildman–Crippen MR) is 161 cm³/mol. The van der Waals surface area contributed by atoms with Crippen molar-refractivity contribution in [3.63, 3.8) is 0 Å². The zero-order chi connectivity index (χ0) is 29.7. The summed E-state index contributed by atoms with van der Waals surface area (Å²) in [5.74, 6) is 1.42. The van der Waals surface area contributed by atoms with E-state index in [4.69, 9.17) is 40.6 Å². The number of anilines is 1. The largest absolute Gasteiger partial charge is 0.493 e. The van der Waals surface area contributed by atoms with E-state index < -0.39 is 5.92 Å². The van der Waals surface area contributed by atoms with Crippen LogP contribution in [0, 0.1) is 32.6 Å². The summed E-state index contributed by atoms with van der Waals surface area (Å²) in [7, 11) is 4.71. The molecule has 2 heterocycles. The molecule has 0 unspecified atom stereocenters. The van der Waals surface area contributed by atoms with E-state index in [1.54, 1.807) is 21.3 Å². The second-order valence-corrected chi connectivity index (χ2v) is 11.3. The van der Waals surface area contributed by atoms with Crippen molar-refractivity contribution in [2.75, 3.05) is 40.0 Å². The van der Waals surface area contributed by atoms with Crippen molar-refractivity contribution < 1.29 is 33.2 Å². The monoisotopic (exact) mass is 590 g/mol. The topological polar surface area (TPSA) is 96.5 Å². The standard InChI is InChI=1S/C32H34N2O7S/c1-15-7-16(2)28(17(3)8-15)33-32(42)34-29-20-12-23-22(40-14-41-23)11-19(20)26(27-21(29)13-39-31(27)35)18-9-24(36-4)30(38-6)25(10-18)37-5/h7-12,21,26-27,29H,13-14H2,1-6H3,(H2,33,34,42)/t21-,26+,27-,29+/m0/s1. The SMILES string of the molecule is COc1cc([C@@H]2c3cc4c(cc3[C@@H](NC(=S)Nc3c(C)cc(C)cc3C)[C@H]3COC(=O)[C@H]23)OCO4)cc(OC)c1OC. The number of thiocarbonyl (C=S) groups is 1. The fraction of sp³-hybridized carbons (Fsp3) is 0.375. The minimum absolute atomic E-state index is 0.131. The third-order valence-electron chi connectivity index (χ3n) is 8.44. The van der Waals surface area contributed by atoms with Crippen molar-refractivity contribution in [1.29, 1.82) is 0 Å². The van der Waals surface area contributed by atoms with Crippen LogP contribution in [0.4, 0.5) is 5.69 Å². The summed E-state index contributed by atoms with van der Waals surface area (Å²) in [6, 6.07) is 11.7. The predicted octanol–water partition coefficient (Wildman–Crippen LogP) is 5.33. The quantitative estimate of drug-likeness (QED) is 0.290. The van der Waals surface area contributed by atoms with Crippen LogP contribution in [-0.2, 0) is 9.53 Å². The molecule has 0 aromatic heterocycles. The molecule has 2 aliphatic heterocycles. The van der Waals surface area contributed by atoms with E-state index in [9.17, 15) is 4.79 Å². The lowest BCUT2D eigenvalue weighted by Gasteiger charge is -2.40. The Morgan fingerprint density at radius 1 is 0.857 bits per heavy atom. The van der Waals surface area contributed by atoms with Gasteiger partial charge in [-0.1, -0.05) is 17.7 Å². The van der Waals surface area contributed by atoms with E-state index in [1.807, 2.05) is 24.3 Å². The lowest BCUT2D eigenvalue weighted by atomic mass is 9.65. The highest BCUT2D eigenvalue weighted by atomic mass is 32.1. The Hall–Kier alpha value is -4.18. The lowest BCUT2D eigenvalue weighted by Crippen LogP contribution is -2.44. The first-order valence-corrected chi connectivity index (χ1v) is 14.2. The molecule has 1 aliphatic carbocycles. The normalized spacial score (nSPS) is 21.6. The van der Waals surface area contributed by atoms with Crippen LogP contribution in [-0.4, -0.2) is 45.8 Å². The Balaban J connectivity index is 1.46. The number of ether oxygens (including phenoxy) is 6. The van der Waals surface area contributed by atoms with Gasteiger partial charge in [0, 0.05) is 17.5 Å². The molecule has 2 N–H and O–H groups in total. The molecule has 0 spiro atoms. The van der Waals surface area contributed by atoms with Crippen molar-refractivity contribution in [1.82, 2.24) is 5.32 Å². The first-order valence-electron chi connectivity index (χ1n) is 13.8. The van der Waals surface area contributed by atoms with E-state index in [2.05, 4.69) is 43.5 Å². The molecular weight excluding hydrogens is 556 g/mol. The molecule has 42 heavy (non-hydrogen) atoms. The van der Waals surface area contributed by atoms with Crippen LogP contribution in [0.2, 0.25) is 0 Å². The van der Waals surface area contributed by atoms with Gasteiger partial charge in [0.05, 0.1) is 39.9 Å². The summed E-state index contributed by atoms with van der Waals surface area (Å²) in [5, 5.41) is 7.40. The number of rotatable bonds is 6. The van der Waals surface area contributed by atoms with Crippen molar-refractivity contribution >= 4 is 29.0 Å². The molecule has 0 radical (unpaired) electrons. The molecule has 9 nitrogen and oxygen atoms in total. The third-order valence-corrected chi connectivity index (χ3v) is 8.66. The van der Waals surface area contributed by atoms with E-state index in [0.717, 1.165) is 33.5 Å². The van der Waals surface area contributed by atoms with Crippen molar-refractivity contribution in [3.8, 4) is 28.7 Å². The molecule has 10 heteroatoms. The number of hydrogen-bond donors (Lipinski definition) is 2. The van der Waals surface area contributed by atoms with Crippen LogP contribution >= 0.6 is 12.2 Å². The number of benzene rings is 3. The summed E-state index contributed by atoms with van der Waals surface area (Å²) < 4.78 is 34.2. The molecule has 1 fully saturated rings. The van der Waals surface area contributed by atoms with Crippen molar-refractivity contribution in [2.24, 2.45) is 11.8 Å². The Bertz CT molecular complexity index is 1540. The molecule has 220 valence electrons. The van der Waals surface area contributed by atoms with Gasteiger partial charge in [0.25, 0.3) is 0 Å². The van der Waals surface area contributed by atoms with Crippen molar-refractivity contribution in [3.05, 3.63) is 69.8 Å². The minimum atomic E-state index is -0.496. The molecule has 0 amide bonds. The van der Waals surface area contributed by atoms with Gasteiger partial charge in [-0.2, -0.15) is 0 Å². The highest BCUT2D eigenvalue weighted by Gasteiger charge is 2.53. The van der Waals surface area contributed by atoms with Crippen LogP contribution < -0.4 is 34.3 Å². The van der Waals surface area contributed by atoms with Gasteiger partial charge in [-0.15, -0.1) is 0 Å². The Morgan fingerprint density at radius 2 is 1.48 bits per heavy atom. The summed E-state index contributed by atoms with van der Waals surface area (Å²) in [6.07, 6.45) is 0. The zero-order valence-corrected chi connectivity index (χ0v) is 25.3. The molecule has 4 atom stereocenters. The number of carbonyl (C=O) groups excluding carboxylic acids is 1. The summed E-state index contributed by atoms with van der Waals surface area (Å²) >= 11 is 5.85. The van der Waals surface area contributed by atoms with E-state index >= 15 is 0 Å². The first-order chi connectivity index (χ1) is 20.2. The van der Waals surface area contributed by atoms with E-state index in [1.165, 1.54) is 5.56 Å². The Kier molecular flexibility index (Phi) is 7.26. The number of carbonyl (C=O) groups is 1. The number of fused-ring (bicyclic) bond motifs is 3. The van der Waals surface area contributed by atoms with Crippen LogP contribution in [0.25, 0.3) is 0 Å². The molecular formula is C32H34N2O7S. The Morgan fingerprint density at radius 3 is 2.07 bits per heavy atom. The maximum absolute atomic E-state index is 13.5. The molecule has 1 saturated heterocycles. The number of hydrogen-bond acceptors (Lipinski definition) is 8. The van der Waals surface area contributed by atoms with Crippen LogP contribution in [0.15, 0.2) is 36.4 Å². The fourth-order valence-corrected chi connectivity index (χ4v) is 6.93. The van der Waals surface area contributed by atoms with Gasteiger partial charge in [-0.3, -0.25) is 4.79 Å². The number of methoxy groups -OCH3 is 3. The smallest absolute Gasteiger partial charge is 0.310 e. The molecule has 0 bridgehead atoms. The highest BCUT2D eigenvalue weighted by Crippen LogP contribution is 2.55. The summed E-state index contributed by atoms with van der Waals surface area (Å²) in [6.45, 7) is 6.57. The Labute approximate surface area is 250 Å². The fourth-order valence-electron chi connectivity index (χ4n) is 6.70. The molecule has 3 aliphatic rings. The average molecular weight is 591 g/mol. The minimum Gasteiger partial charge on any atom is -0.493 e. The number of aryl methyl sites for hydroxylation is 3. The lowest BCUT2D eigenvalue weighted by molar-refractivity contribution is -0.141. The molecule has 3 aromatic rings. The maximum Gasteiger partial charge on any atom is 0.310 e. The van der Waals surface area contributed by atoms with E-state index in [0.29, 0.717) is 33.9 Å². The average Bonchev–Trinajstić information content (AvgIpc) is 3.59. The van der Waals surface area contributed by atoms with Crippen LogP contribution in [0.3, 0.4) is 0 Å². The first kappa shape index (κ1) is 28.0. The van der Waals surface area contributed by atoms with Crippen LogP contribution in [0.5, 0.6) is 28.7 Å². The van der Waals surface area contributed by atoms with Gasteiger partial charge >= 0.3 is 5.97 Å².